The fraction of sp³-hybridized carbons (Fsp3) is 0.0455. The second kappa shape index (κ2) is 9.48. The summed E-state index contributed by atoms with van der Waals surface area (Å²) in [4.78, 5) is 28.0. The summed E-state index contributed by atoms with van der Waals surface area (Å²) < 4.78 is 0. The number of nitrogens with zero attached hydrogens (tertiary/aromatic N) is 1. The fourth-order valence-electron chi connectivity index (χ4n) is 2.44. The normalized spacial score (nSPS) is 10.6. The number of hydrogen-bond acceptors (Lipinski definition) is 3. The number of nitrogens with one attached hydrogen (secondary N) is 2. The maximum atomic E-state index is 12.1. The van der Waals surface area contributed by atoms with Crippen molar-refractivity contribution < 1.29 is 9.59 Å². The standard InChI is InChI=1S/C22H18ClN3O2/c23-19-5-1-3-16(13-19)8-11-21(27)25-14-17-6-9-20(10-7-17)26-22(28)18-4-2-12-24-15-18/h1-13,15H,14H2,(H,25,27)(H,26,28)/b11-8+. The minimum Gasteiger partial charge on any atom is -0.348 e. The molecular formula is C22H18ClN3O2. The summed E-state index contributed by atoms with van der Waals surface area (Å²) in [5, 5.41) is 6.24. The maximum Gasteiger partial charge on any atom is 0.257 e. The van der Waals surface area contributed by atoms with E-state index in [9.17, 15) is 9.59 Å². The molecule has 2 aromatic carbocycles. The van der Waals surface area contributed by atoms with E-state index >= 15 is 0 Å². The van der Waals surface area contributed by atoms with E-state index in [2.05, 4.69) is 15.6 Å². The van der Waals surface area contributed by atoms with E-state index < -0.39 is 0 Å². The Morgan fingerprint density at radius 3 is 2.57 bits per heavy atom. The lowest BCUT2D eigenvalue weighted by atomic mass is 10.2. The number of amides is 2. The Hall–Kier alpha value is -3.44. The minimum atomic E-state index is -0.222. The SMILES string of the molecule is O=C(/C=C/c1cccc(Cl)c1)NCc1ccc(NC(=O)c2cccnc2)cc1. The molecule has 0 aliphatic heterocycles. The molecule has 6 heteroatoms. The molecule has 0 fully saturated rings. The van der Waals surface area contributed by atoms with Gasteiger partial charge >= 0.3 is 0 Å². The van der Waals surface area contributed by atoms with Gasteiger partial charge in [0.2, 0.25) is 5.91 Å². The first-order valence-corrected chi connectivity index (χ1v) is 9.00. The Labute approximate surface area is 168 Å². The van der Waals surface area contributed by atoms with Gasteiger partial charge in [-0.05, 0) is 53.6 Å². The number of hydrogen-bond donors (Lipinski definition) is 2. The molecule has 2 N–H and O–H groups in total. The molecule has 0 unspecified atom stereocenters. The largest absolute Gasteiger partial charge is 0.348 e. The lowest BCUT2D eigenvalue weighted by Crippen LogP contribution is -2.20. The Kier molecular flexibility index (Phi) is 6.54. The van der Waals surface area contributed by atoms with Gasteiger partial charge in [-0.2, -0.15) is 0 Å². The molecule has 0 aliphatic rings. The van der Waals surface area contributed by atoms with Crippen LogP contribution in [-0.4, -0.2) is 16.8 Å². The first kappa shape index (κ1) is 19.3. The number of carbonyl (C=O) groups is 2. The molecule has 0 spiro atoms. The van der Waals surface area contributed by atoms with E-state index in [1.807, 2.05) is 24.3 Å². The molecule has 1 heterocycles. The van der Waals surface area contributed by atoms with Crippen molar-refractivity contribution in [1.82, 2.24) is 10.3 Å². The number of pyridine rings is 1. The minimum absolute atomic E-state index is 0.200. The lowest BCUT2D eigenvalue weighted by molar-refractivity contribution is -0.116. The van der Waals surface area contributed by atoms with Crippen LogP contribution in [0, 0.1) is 0 Å². The molecule has 0 radical (unpaired) electrons. The third-order valence-corrected chi connectivity index (χ3v) is 4.11. The van der Waals surface area contributed by atoms with Gasteiger partial charge in [0.25, 0.3) is 5.91 Å². The monoisotopic (exact) mass is 391 g/mol. The first-order chi connectivity index (χ1) is 13.6. The van der Waals surface area contributed by atoms with Crippen LogP contribution in [-0.2, 0) is 11.3 Å². The van der Waals surface area contributed by atoms with Crippen LogP contribution >= 0.6 is 11.6 Å². The first-order valence-electron chi connectivity index (χ1n) is 8.62. The van der Waals surface area contributed by atoms with Crippen LogP contribution in [0.25, 0.3) is 6.08 Å². The summed E-state index contributed by atoms with van der Waals surface area (Å²) in [6.45, 7) is 0.384. The molecule has 0 aliphatic carbocycles. The van der Waals surface area contributed by atoms with Crippen LogP contribution in [0.2, 0.25) is 5.02 Å². The van der Waals surface area contributed by atoms with Crippen LogP contribution in [0.1, 0.15) is 21.5 Å². The summed E-state index contributed by atoms with van der Waals surface area (Å²) in [6.07, 6.45) is 6.30. The van der Waals surface area contributed by atoms with Gasteiger partial charge in [-0.15, -0.1) is 0 Å². The Balaban J connectivity index is 1.50. The molecule has 140 valence electrons. The van der Waals surface area contributed by atoms with Gasteiger partial charge in [-0.1, -0.05) is 35.9 Å². The number of benzene rings is 2. The van der Waals surface area contributed by atoms with Crippen molar-refractivity contribution in [3.8, 4) is 0 Å². The van der Waals surface area contributed by atoms with Crippen LogP contribution in [0.15, 0.2) is 79.1 Å². The summed E-state index contributed by atoms with van der Waals surface area (Å²) in [6, 6.07) is 17.9. The molecule has 0 saturated carbocycles. The van der Waals surface area contributed by atoms with Crippen LogP contribution in [0.3, 0.4) is 0 Å². The van der Waals surface area contributed by atoms with Gasteiger partial charge in [0.05, 0.1) is 5.56 Å². The van der Waals surface area contributed by atoms with Crippen LogP contribution < -0.4 is 10.6 Å². The van der Waals surface area contributed by atoms with E-state index in [4.69, 9.17) is 11.6 Å². The van der Waals surface area contributed by atoms with E-state index in [-0.39, 0.29) is 11.8 Å². The topological polar surface area (TPSA) is 71.1 Å². The second-order valence-electron chi connectivity index (χ2n) is 6.00. The molecule has 0 saturated heterocycles. The number of carbonyl (C=O) groups excluding carboxylic acids is 2. The summed E-state index contributed by atoms with van der Waals surface area (Å²) in [5.41, 5.74) is 2.94. The average Bonchev–Trinajstić information content (AvgIpc) is 2.72. The molecule has 2 amide bonds. The van der Waals surface area contributed by atoms with Crippen LogP contribution in [0.5, 0.6) is 0 Å². The zero-order valence-electron chi connectivity index (χ0n) is 14.9. The molecule has 1 aromatic heterocycles. The predicted molar refractivity (Wildman–Crippen MR) is 111 cm³/mol. The quantitative estimate of drug-likeness (QED) is 0.615. The van der Waals surface area contributed by atoms with Crippen molar-refractivity contribution in [1.29, 1.82) is 0 Å². The van der Waals surface area contributed by atoms with Gasteiger partial charge in [-0.3, -0.25) is 14.6 Å². The van der Waals surface area contributed by atoms with Crippen LogP contribution in [0.4, 0.5) is 5.69 Å². The highest BCUT2D eigenvalue weighted by Gasteiger charge is 2.05. The molecule has 3 rings (SSSR count). The van der Waals surface area contributed by atoms with Gasteiger partial charge in [0.1, 0.15) is 0 Å². The molecule has 28 heavy (non-hydrogen) atoms. The third-order valence-electron chi connectivity index (χ3n) is 3.88. The number of rotatable bonds is 6. The molecular weight excluding hydrogens is 374 g/mol. The van der Waals surface area contributed by atoms with Crippen molar-refractivity contribution in [2.24, 2.45) is 0 Å². The number of anilines is 1. The summed E-state index contributed by atoms with van der Waals surface area (Å²) in [7, 11) is 0. The van der Waals surface area contributed by atoms with Crippen molar-refractivity contribution in [3.05, 3.63) is 101 Å². The van der Waals surface area contributed by atoms with E-state index in [1.54, 1.807) is 48.7 Å². The van der Waals surface area contributed by atoms with Gasteiger partial charge in [0, 0.05) is 35.7 Å². The lowest BCUT2D eigenvalue weighted by Gasteiger charge is -2.07. The average molecular weight is 392 g/mol. The highest BCUT2D eigenvalue weighted by atomic mass is 35.5. The number of aromatic nitrogens is 1. The zero-order chi connectivity index (χ0) is 19.8. The highest BCUT2D eigenvalue weighted by molar-refractivity contribution is 6.30. The predicted octanol–water partition coefficient (Wildman–Crippen LogP) is 4.32. The van der Waals surface area contributed by atoms with Crippen molar-refractivity contribution in [2.45, 2.75) is 6.54 Å². The van der Waals surface area contributed by atoms with E-state index in [0.717, 1.165) is 11.1 Å². The van der Waals surface area contributed by atoms with E-state index in [0.29, 0.717) is 22.8 Å². The smallest absolute Gasteiger partial charge is 0.257 e. The second-order valence-corrected chi connectivity index (χ2v) is 6.44. The summed E-state index contributed by atoms with van der Waals surface area (Å²) >= 11 is 5.92. The zero-order valence-corrected chi connectivity index (χ0v) is 15.7. The molecule has 5 nitrogen and oxygen atoms in total. The Morgan fingerprint density at radius 2 is 1.86 bits per heavy atom. The summed E-state index contributed by atoms with van der Waals surface area (Å²) in [5.74, 6) is -0.422. The van der Waals surface area contributed by atoms with Crippen molar-refractivity contribution in [2.75, 3.05) is 5.32 Å². The van der Waals surface area contributed by atoms with Crippen molar-refractivity contribution >= 4 is 35.2 Å². The number of halogens is 1. The molecule has 3 aromatic rings. The third kappa shape index (κ3) is 5.79. The van der Waals surface area contributed by atoms with Gasteiger partial charge in [0.15, 0.2) is 0 Å². The fourth-order valence-corrected chi connectivity index (χ4v) is 2.64. The molecule has 0 atom stereocenters. The Bertz CT molecular complexity index is 986. The molecule has 0 bridgehead atoms. The van der Waals surface area contributed by atoms with E-state index in [1.165, 1.54) is 12.3 Å². The van der Waals surface area contributed by atoms with Gasteiger partial charge < -0.3 is 10.6 Å². The van der Waals surface area contributed by atoms with Crippen molar-refractivity contribution in [3.63, 3.8) is 0 Å². The van der Waals surface area contributed by atoms with Gasteiger partial charge in [-0.25, -0.2) is 0 Å². The maximum absolute atomic E-state index is 12.1. The Morgan fingerprint density at radius 1 is 1.04 bits per heavy atom. The highest BCUT2D eigenvalue weighted by Crippen LogP contribution is 2.12.